The summed E-state index contributed by atoms with van der Waals surface area (Å²) in [5.74, 6) is -0.0186. The van der Waals surface area contributed by atoms with Crippen molar-refractivity contribution in [1.29, 1.82) is 0 Å². The third kappa shape index (κ3) is 3.71. The summed E-state index contributed by atoms with van der Waals surface area (Å²) in [6.07, 6.45) is 7.21. The number of nitrogens with zero attached hydrogens (tertiary/aromatic N) is 2. The Labute approximate surface area is 135 Å². The zero-order chi connectivity index (χ0) is 15.4. The lowest BCUT2D eigenvalue weighted by Gasteiger charge is -2.16. The summed E-state index contributed by atoms with van der Waals surface area (Å²) >= 11 is 1.47. The Bertz CT molecular complexity index is 666. The second-order valence-corrected chi connectivity index (χ2v) is 6.85. The molecular weight excluding hydrogens is 294 g/mol. The van der Waals surface area contributed by atoms with Gasteiger partial charge in [-0.25, -0.2) is 0 Å². The monoisotopic (exact) mass is 315 g/mol. The Balaban J connectivity index is 1.61. The first-order valence-electron chi connectivity index (χ1n) is 7.97. The van der Waals surface area contributed by atoms with Gasteiger partial charge >= 0.3 is 0 Å². The summed E-state index contributed by atoms with van der Waals surface area (Å²) in [6, 6.07) is 6.45. The van der Waals surface area contributed by atoms with E-state index in [0.29, 0.717) is 11.6 Å². The molecule has 0 saturated carbocycles. The van der Waals surface area contributed by atoms with Crippen LogP contribution >= 0.6 is 11.3 Å². The maximum absolute atomic E-state index is 12.1. The van der Waals surface area contributed by atoms with E-state index >= 15 is 0 Å². The van der Waals surface area contributed by atoms with Gasteiger partial charge in [-0.2, -0.15) is 0 Å². The Kier molecular flexibility index (Phi) is 4.83. The van der Waals surface area contributed by atoms with Gasteiger partial charge in [-0.05, 0) is 48.8 Å². The van der Waals surface area contributed by atoms with Crippen molar-refractivity contribution in [3.8, 4) is 0 Å². The summed E-state index contributed by atoms with van der Waals surface area (Å²) in [5.41, 5.74) is 3.94. The molecule has 0 aliphatic heterocycles. The molecule has 1 amide bonds. The molecule has 1 aliphatic carbocycles. The minimum absolute atomic E-state index is 0.0186. The van der Waals surface area contributed by atoms with E-state index in [9.17, 15) is 4.79 Å². The topological polar surface area (TPSA) is 54.9 Å². The summed E-state index contributed by atoms with van der Waals surface area (Å²) < 4.78 is 0. The smallest absolute Gasteiger partial charge is 0.230 e. The predicted octanol–water partition coefficient (Wildman–Crippen LogP) is 3.55. The van der Waals surface area contributed by atoms with E-state index in [1.54, 1.807) is 0 Å². The van der Waals surface area contributed by atoms with Crippen molar-refractivity contribution in [2.75, 3.05) is 5.32 Å². The van der Waals surface area contributed by atoms with Crippen molar-refractivity contribution in [2.45, 2.75) is 51.9 Å². The van der Waals surface area contributed by atoms with E-state index < -0.39 is 0 Å². The van der Waals surface area contributed by atoms with Gasteiger partial charge in [0, 0.05) is 6.42 Å². The number of fused-ring (bicyclic) bond motifs is 1. The molecule has 116 valence electrons. The van der Waals surface area contributed by atoms with Crippen molar-refractivity contribution in [3.05, 3.63) is 39.9 Å². The van der Waals surface area contributed by atoms with Crippen LogP contribution in [0.5, 0.6) is 0 Å². The van der Waals surface area contributed by atoms with Gasteiger partial charge in [-0.15, -0.1) is 10.2 Å². The van der Waals surface area contributed by atoms with Gasteiger partial charge in [0.25, 0.3) is 0 Å². The third-order valence-electron chi connectivity index (χ3n) is 3.95. The summed E-state index contributed by atoms with van der Waals surface area (Å²) in [5, 5.41) is 12.5. The molecule has 5 heteroatoms. The van der Waals surface area contributed by atoms with E-state index in [1.165, 1.54) is 41.7 Å². The van der Waals surface area contributed by atoms with Crippen molar-refractivity contribution in [1.82, 2.24) is 10.2 Å². The molecule has 3 rings (SSSR count). The molecule has 1 aliphatic rings. The molecule has 0 bridgehead atoms. The maximum atomic E-state index is 12.1. The first-order chi connectivity index (χ1) is 10.7. The number of nitrogens with one attached hydrogen (secondary N) is 1. The molecule has 2 aromatic rings. The van der Waals surface area contributed by atoms with Crippen LogP contribution in [0.3, 0.4) is 0 Å². The minimum atomic E-state index is -0.0186. The van der Waals surface area contributed by atoms with E-state index in [0.717, 1.165) is 29.8 Å². The number of aromatic nitrogens is 2. The molecule has 4 nitrogen and oxygen atoms in total. The van der Waals surface area contributed by atoms with Crippen LogP contribution in [-0.4, -0.2) is 16.1 Å². The second kappa shape index (κ2) is 7.01. The fraction of sp³-hybridized carbons (Fsp3) is 0.471. The largest absolute Gasteiger partial charge is 0.300 e. The van der Waals surface area contributed by atoms with Crippen LogP contribution in [0.15, 0.2) is 18.2 Å². The molecule has 0 saturated heterocycles. The molecule has 1 aromatic heterocycles. The zero-order valence-electron chi connectivity index (χ0n) is 12.9. The SMILES string of the molecule is CCCc1nnc(NC(=O)Cc2ccc3c(c2)CCCC3)s1. The summed E-state index contributed by atoms with van der Waals surface area (Å²) in [4.78, 5) is 12.1. The summed E-state index contributed by atoms with van der Waals surface area (Å²) in [7, 11) is 0. The Morgan fingerprint density at radius 3 is 2.86 bits per heavy atom. The van der Waals surface area contributed by atoms with Gasteiger partial charge < -0.3 is 5.32 Å². The number of amides is 1. The zero-order valence-corrected chi connectivity index (χ0v) is 13.7. The number of aryl methyl sites for hydroxylation is 3. The number of carbonyl (C=O) groups is 1. The van der Waals surface area contributed by atoms with E-state index in [2.05, 4.69) is 40.6 Å². The van der Waals surface area contributed by atoms with Crippen LogP contribution in [0.1, 0.15) is 47.9 Å². The normalized spacial score (nSPS) is 13.7. The molecule has 0 unspecified atom stereocenters. The van der Waals surface area contributed by atoms with Crippen LogP contribution in [0.4, 0.5) is 5.13 Å². The van der Waals surface area contributed by atoms with Crippen LogP contribution in [0.25, 0.3) is 0 Å². The first kappa shape index (κ1) is 15.2. The van der Waals surface area contributed by atoms with Crippen molar-refractivity contribution < 1.29 is 4.79 Å². The van der Waals surface area contributed by atoms with Crippen LogP contribution in [0, 0.1) is 0 Å². The molecule has 0 spiro atoms. The van der Waals surface area contributed by atoms with E-state index in [4.69, 9.17) is 0 Å². The molecule has 0 atom stereocenters. The van der Waals surface area contributed by atoms with Crippen molar-refractivity contribution in [2.24, 2.45) is 0 Å². The Morgan fingerprint density at radius 1 is 1.23 bits per heavy atom. The molecular formula is C17H21N3OS. The lowest BCUT2D eigenvalue weighted by molar-refractivity contribution is -0.115. The Morgan fingerprint density at radius 2 is 2.05 bits per heavy atom. The van der Waals surface area contributed by atoms with Crippen LogP contribution in [-0.2, 0) is 30.5 Å². The average molecular weight is 315 g/mol. The van der Waals surface area contributed by atoms with Gasteiger partial charge in [0.2, 0.25) is 11.0 Å². The highest BCUT2D eigenvalue weighted by Crippen LogP contribution is 2.23. The number of hydrogen-bond acceptors (Lipinski definition) is 4. The van der Waals surface area contributed by atoms with Gasteiger partial charge in [0.1, 0.15) is 5.01 Å². The number of rotatable bonds is 5. The second-order valence-electron chi connectivity index (χ2n) is 5.79. The fourth-order valence-corrected chi connectivity index (χ4v) is 3.72. The van der Waals surface area contributed by atoms with E-state index in [-0.39, 0.29) is 5.91 Å². The van der Waals surface area contributed by atoms with Gasteiger partial charge in [0.05, 0.1) is 6.42 Å². The quantitative estimate of drug-likeness (QED) is 0.918. The number of anilines is 1. The highest BCUT2D eigenvalue weighted by Gasteiger charge is 2.12. The lowest BCUT2D eigenvalue weighted by Crippen LogP contribution is -2.15. The molecule has 22 heavy (non-hydrogen) atoms. The van der Waals surface area contributed by atoms with Gasteiger partial charge in [-0.3, -0.25) is 4.79 Å². The summed E-state index contributed by atoms with van der Waals surface area (Å²) in [6.45, 7) is 2.11. The maximum Gasteiger partial charge on any atom is 0.230 e. The molecule has 1 heterocycles. The van der Waals surface area contributed by atoms with Crippen molar-refractivity contribution in [3.63, 3.8) is 0 Å². The number of hydrogen-bond donors (Lipinski definition) is 1. The predicted molar refractivity (Wildman–Crippen MR) is 89.3 cm³/mol. The highest BCUT2D eigenvalue weighted by molar-refractivity contribution is 7.15. The molecule has 0 radical (unpaired) electrons. The van der Waals surface area contributed by atoms with Crippen molar-refractivity contribution >= 4 is 22.4 Å². The number of carbonyl (C=O) groups excluding carboxylic acids is 1. The molecule has 1 N–H and O–H groups in total. The lowest BCUT2D eigenvalue weighted by atomic mass is 9.90. The molecule has 1 aromatic carbocycles. The minimum Gasteiger partial charge on any atom is -0.300 e. The number of benzene rings is 1. The molecule has 0 fully saturated rings. The standard InChI is InChI=1S/C17H21N3OS/c1-2-5-16-19-20-17(22-16)18-15(21)11-12-8-9-13-6-3-4-7-14(13)10-12/h8-10H,2-7,11H2,1H3,(H,18,20,21). The van der Waals surface area contributed by atoms with Crippen LogP contribution < -0.4 is 5.32 Å². The average Bonchev–Trinajstić information content (AvgIpc) is 2.94. The van der Waals surface area contributed by atoms with E-state index in [1.807, 2.05) is 0 Å². The van der Waals surface area contributed by atoms with Crippen LogP contribution in [0.2, 0.25) is 0 Å². The first-order valence-corrected chi connectivity index (χ1v) is 8.79. The fourth-order valence-electron chi connectivity index (χ4n) is 2.86. The van der Waals surface area contributed by atoms with Gasteiger partial charge in [0.15, 0.2) is 0 Å². The third-order valence-corrected chi connectivity index (χ3v) is 4.85. The van der Waals surface area contributed by atoms with Gasteiger partial charge in [-0.1, -0.05) is 36.5 Å². The highest BCUT2D eigenvalue weighted by atomic mass is 32.1. The Hall–Kier alpha value is -1.75.